The third kappa shape index (κ3) is 4.33. The first-order valence-electron chi connectivity index (χ1n) is 8.69. The Balaban J connectivity index is 1.75. The van der Waals surface area contributed by atoms with E-state index in [0.717, 1.165) is 24.6 Å². The Labute approximate surface area is 157 Å². The van der Waals surface area contributed by atoms with Crippen LogP contribution >= 0.6 is 0 Å². The Morgan fingerprint density at radius 1 is 1.22 bits per heavy atom. The van der Waals surface area contributed by atoms with Gasteiger partial charge in [0, 0.05) is 55.3 Å². The second-order valence-electron chi connectivity index (χ2n) is 6.67. The van der Waals surface area contributed by atoms with Gasteiger partial charge in [-0.15, -0.1) is 0 Å². The Kier molecular flexibility index (Phi) is 5.25. The highest BCUT2D eigenvalue weighted by molar-refractivity contribution is 5.73. The Bertz CT molecular complexity index is 856. The second-order valence-corrected chi connectivity index (χ2v) is 6.67. The van der Waals surface area contributed by atoms with E-state index in [0.29, 0.717) is 18.8 Å². The zero-order valence-electron chi connectivity index (χ0n) is 15.3. The van der Waals surface area contributed by atoms with Crippen LogP contribution in [0.5, 0.6) is 0 Å². The molecular weight excluding hydrogens is 348 g/mol. The molecule has 1 aromatic carbocycles. The van der Waals surface area contributed by atoms with Crippen molar-refractivity contribution in [3.63, 3.8) is 0 Å². The number of rotatable bonds is 5. The molecule has 0 unspecified atom stereocenters. The van der Waals surface area contributed by atoms with Crippen molar-refractivity contribution in [2.45, 2.75) is 20.3 Å². The molecule has 27 heavy (non-hydrogen) atoms. The van der Waals surface area contributed by atoms with Gasteiger partial charge in [0.2, 0.25) is 0 Å². The predicted molar refractivity (Wildman–Crippen MR) is 101 cm³/mol. The minimum Gasteiger partial charge on any atom is -0.481 e. The van der Waals surface area contributed by atoms with Gasteiger partial charge in [-0.1, -0.05) is 0 Å². The summed E-state index contributed by atoms with van der Waals surface area (Å²) in [6.45, 7) is 6.95. The molecule has 8 heteroatoms. The zero-order valence-corrected chi connectivity index (χ0v) is 15.3. The van der Waals surface area contributed by atoms with E-state index in [9.17, 15) is 14.9 Å². The summed E-state index contributed by atoms with van der Waals surface area (Å²) in [7, 11) is 0. The maximum Gasteiger partial charge on any atom is 0.308 e. The molecule has 8 nitrogen and oxygen atoms in total. The van der Waals surface area contributed by atoms with E-state index in [1.54, 1.807) is 6.07 Å². The lowest BCUT2D eigenvalue weighted by Crippen LogP contribution is -2.47. The summed E-state index contributed by atoms with van der Waals surface area (Å²) in [6, 6.07) is 9.87. The SMILES string of the molecule is Cc1cc(C)nc(N2CCN(c3[c]cc([N+](=O)[O-])c(CC(=O)O)c3)CC2)c1. The molecule has 0 saturated carbocycles. The van der Waals surface area contributed by atoms with Crippen molar-refractivity contribution < 1.29 is 14.8 Å². The maximum absolute atomic E-state index is 11.1. The molecule has 0 atom stereocenters. The lowest BCUT2D eigenvalue weighted by molar-refractivity contribution is -0.385. The first-order valence-corrected chi connectivity index (χ1v) is 8.69. The van der Waals surface area contributed by atoms with Crippen molar-refractivity contribution in [1.29, 1.82) is 0 Å². The highest BCUT2D eigenvalue weighted by atomic mass is 16.6. The fourth-order valence-corrected chi connectivity index (χ4v) is 3.33. The number of carboxylic acid groups (broad SMARTS) is 1. The number of nitro groups is 1. The van der Waals surface area contributed by atoms with E-state index in [2.05, 4.69) is 26.9 Å². The molecule has 1 aliphatic rings. The van der Waals surface area contributed by atoms with E-state index < -0.39 is 10.9 Å². The molecule has 0 aliphatic carbocycles. The number of aliphatic carboxylic acids is 1. The summed E-state index contributed by atoms with van der Waals surface area (Å²) in [5, 5.41) is 20.1. The Morgan fingerprint density at radius 2 is 1.89 bits per heavy atom. The topological polar surface area (TPSA) is 99.8 Å². The van der Waals surface area contributed by atoms with E-state index in [4.69, 9.17) is 5.11 Å². The lowest BCUT2D eigenvalue weighted by Gasteiger charge is -2.37. The lowest BCUT2D eigenvalue weighted by atomic mass is 10.1. The number of nitro benzene ring substituents is 1. The van der Waals surface area contributed by atoms with Gasteiger partial charge in [0.25, 0.3) is 5.69 Å². The minimum absolute atomic E-state index is 0.194. The van der Waals surface area contributed by atoms with Crippen LogP contribution in [0.1, 0.15) is 16.8 Å². The molecule has 1 radical (unpaired) electrons. The number of carbonyl (C=O) groups is 1. The van der Waals surface area contributed by atoms with Gasteiger partial charge in [-0.25, -0.2) is 4.98 Å². The molecule has 1 aliphatic heterocycles. The van der Waals surface area contributed by atoms with Crippen LogP contribution in [0.3, 0.4) is 0 Å². The van der Waals surface area contributed by atoms with Crippen molar-refractivity contribution >= 4 is 23.2 Å². The van der Waals surface area contributed by atoms with Crippen LogP contribution in [0.15, 0.2) is 24.3 Å². The average Bonchev–Trinajstić information content (AvgIpc) is 2.60. The van der Waals surface area contributed by atoms with Gasteiger partial charge in [0.1, 0.15) is 5.82 Å². The maximum atomic E-state index is 11.1. The third-order valence-electron chi connectivity index (χ3n) is 4.56. The van der Waals surface area contributed by atoms with Crippen molar-refractivity contribution in [1.82, 2.24) is 4.98 Å². The number of piperazine rings is 1. The molecule has 3 rings (SSSR count). The number of hydrogen-bond acceptors (Lipinski definition) is 6. The average molecular weight is 369 g/mol. The fourth-order valence-electron chi connectivity index (χ4n) is 3.33. The van der Waals surface area contributed by atoms with Crippen LogP contribution in [0.4, 0.5) is 17.2 Å². The molecule has 2 heterocycles. The first-order chi connectivity index (χ1) is 12.8. The molecule has 0 bridgehead atoms. The number of anilines is 2. The monoisotopic (exact) mass is 369 g/mol. The normalized spacial score (nSPS) is 14.3. The number of pyridine rings is 1. The van der Waals surface area contributed by atoms with Gasteiger partial charge in [-0.3, -0.25) is 14.9 Å². The molecule has 1 aromatic heterocycles. The zero-order chi connectivity index (χ0) is 19.6. The largest absolute Gasteiger partial charge is 0.481 e. The summed E-state index contributed by atoms with van der Waals surface area (Å²) in [5.74, 6) is -0.146. The van der Waals surface area contributed by atoms with Gasteiger partial charge >= 0.3 is 5.97 Å². The molecule has 141 valence electrons. The number of carboxylic acids is 1. The number of hydrogen-bond donors (Lipinski definition) is 1. The van der Waals surface area contributed by atoms with Gasteiger partial charge in [-0.05, 0) is 37.6 Å². The number of nitrogens with zero attached hydrogens (tertiary/aromatic N) is 4. The second kappa shape index (κ2) is 7.61. The highest BCUT2D eigenvalue weighted by Crippen LogP contribution is 2.26. The van der Waals surface area contributed by atoms with E-state index in [1.165, 1.54) is 11.6 Å². The van der Waals surface area contributed by atoms with Gasteiger partial charge in [-0.2, -0.15) is 0 Å². The van der Waals surface area contributed by atoms with E-state index in [-0.39, 0.29) is 17.7 Å². The first kappa shape index (κ1) is 18.6. The van der Waals surface area contributed by atoms with Crippen LogP contribution in [-0.4, -0.2) is 47.2 Å². The van der Waals surface area contributed by atoms with Crippen LogP contribution in [0.25, 0.3) is 0 Å². The molecule has 1 saturated heterocycles. The van der Waals surface area contributed by atoms with Crippen molar-refractivity contribution in [2.24, 2.45) is 0 Å². The summed E-state index contributed by atoms with van der Waals surface area (Å²) in [5.41, 5.74) is 2.82. The van der Waals surface area contributed by atoms with Crippen LogP contribution in [0, 0.1) is 30.0 Å². The molecule has 1 fully saturated rings. The van der Waals surface area contributed by atoms with Gasteiger partial charge in [0.05, 0.1) is 11.3 Å². The van der Waals surface area contributed by atoms with E-state index >= 15 is 0 Å². The quantitative estimate of drug-likeness (QED) is 0.638. The molecule has 0 amide bonds. The van der Waals surface area contributed by atoms with E-state index in [1.807, 2.05) is 19.9 Å². The number of aryl methyl sites for hydroxylation is 2. The molecule has 0 spiro atoms. The summed E-state index contributed by atoms with van der Waals surface area (Å²) in [6.07, 6.45) is -0.384. The van der Waals surface area contributed by atoms with Crippen LogP contribution in [-0.2, 0) is 11.2 Å². The third-order valence-corrected chi connectivity index (χ3v) is 4.56. The Morgan fingerprint density at radius 3 is 2.48 bits per heavy atom. The highest BCUT2D eigenvalue weighted by Gasteiger charge is 2.22. The van der Waals surface area contributed by atoms with Gasteiger partial charge in [0.15, 0.2) is 0 Å². The smallest absolute Gasteiger partial charge is 0.308 e. The predicted octanol–water partition coefficient (Wildman–Crippen LogP) is 2.36. The number of aromatic nitrogens is 1. The molecule has 1 N–H and O–H groups in total. The molecular formula is C19H21N4O4. The van der Waals surface area contributed by atoms with Gasteiger partial charge < -0.3 is 14.9 Å². The standard InChI is InChI=1S/C19H21N4O4/c1-13-9-14(2)20-18(10-13)22-7-5-21(6-8-22)16-3-4-17(23(26)27)15(11-16)12-19(24)25/h4,9-11H,5-8,12H2,1-2H3,(H,24,25). The Hall–Kier alpha value is -3.16. The number of benzene rings is 1. The summed E-state index contributed by atoms with van der Waals surface area (Å²) in [4.78, 5) is 30.4. The van der Waals surface area contributed by atoms with Crippen LogP contribution < -0.4 is 9.80 Å². The van der Waals surface area contributed by atoms with Crippen molar-refractivity contribution in [2.75, 3.05) is 36.0 Å². The summed E-state index contributed by atoms with van der Waals surface area (Å²) < 4.78 is 0. The minimum atomic E-state index is -1.10. The molecule has 2 aromatic rings. The van der Waals surface area contributed by atoms with Crippen molar-refractivity contribution in [3.8, 4) is 0 Å². The van der Waals surface area contributed by atoms with Crippen LogP contribution in [0.2, 0.25) is 0 Å². The fraction of sp³-hybridized carbons (Fsp3) is 0.368. The summed E-state index contributed by atoms with van der Waals surface area (Å²) >= 11 is 0. The van der Waals surface area contributed by atoms with Crippen molar-refractivity contribution in [3.05, 3.63) is 57.3 Å².